The zero-order valence-corrected chi connectivity index (χ0v) is 19.0. The lowest BCUT2D eigenvalue weighted by Gasteiger charge is -2.29. The quantitative estimate of drug-likeness (QED) is 0.288. The summed E-state index contributed by atoms with van der Waals surface area (Å²) in [5, 5.41) is 0. The highest BCUT2D eigenvalue weighted by molar-refractivity contribution is 6.58. The summed E-state index contributed by atoms with van der Waals surface area (Å²) in [4.78, 5) is 0. The average molecular weight is 427 g/mol. The summed E-state index contributed by atoms with van der Waals surface area (Å²) in [6.45, 7) is -0.599. The first-order valence-electron chi connectivity index (χ1n) is 11.8. The fourth-order valence-electron chi connectivity index (χ4n) is 5.54. The van der Waals surface area contributed by atoms with Crippen LogP contribution in [0.15, 0.2) is 18.2 Å². The molecule has 0 unspecified atom stereocenters. The van der Waals surface area contributed by atoms with E-state index in [1.807, 2.05) is 0 Å². The number of alkyl halides is 2. The summed E-state index contributed by atoms with van der Waals surface area (Å²) >= 11 is 0. The molecule has 1 saturated heterocycles. The van der Waals surface area contributed by atoms with E-state index in [9.17, 15) is 13.2 Å². The van der Waals surface area contributed by atoms with Crippen LogP contribution in [0.2, 0.25) is 18.1 Å². The predicted octanol–water partition coefficient (Wildman–Crippen LogP) is 7.92. The third-order valence-corrected chi connectivity index (χ3v) is 11.0. The monoisotopic (exact) mass is 426 g/mol. The normalized spacial score (nSPS) is 27.9. The third-order valence-electron chi connectivity index (χ3n) is 7.51. The summed E-state index contributed by atoms with van der Waals surface area (Å²) in [5.41, 5.74) is 0.925. The Kier molecular flexibility index (Phi) is 8.95. The standard InChI is InChI=1S/C24H37F3OSi/c1-2-29-15-13-19(14-16-29)6-4-3-5-18-7-9-20(10-8-18)21-11-12-23(22(25)17-21)28-24(26)27/h11-12,17-20,24,29H,2-10,13-16H2,1H3. The van der Waals surface area contributed by atoms with E-state index in [1.54, 1.807) is 18.2 Å². The Morgan fingerprint density at radius 3 is 2.14 bits per heavy atom. The number of hydrogen-bond acceptors (Lipinski definition) is 1. The number of halogens is 3. The van der Waals surface area contributed by atoms with Crippen LogP contribution in [-0.4, -0.2) is 15.4 Å². The van der Waals surface area contributed by atoms with Gasteiger partial charge in [-0.25, -0.2) is 4.39 Å². The Balaban J connectivity index is 1.33. The fourth-order valence-corrected chi connectivity index (χ4v) is 8.53. The van der Waals surface area contributed by atoms with Gasteiger partial charge < -0.3 is 4.74 Å². The van der Waals surface area contributed by atoms with Gasteiger partial charge in [0, 0.05) is 8.80 Å². The van der Waals surface area contributed by atoms with Crippen LogP contribution >= 0.6 is 0 Å². The van der Waals surface area contributed by atoms with Gasteiger partial charge in [0.05, 0.1) is 0 Å². The van der Waals surface area contributed by atoms with Crippen LogP contribution < -0.4 is 4.74 Å². The minimum Gasteiger partial charge on any atom is -0.432 e. The van der Waals surface area contributed by atoms with E-state index in [2.05, 4.69) is 11.7 Å². The van der Waals surface area contributed by atoms with Crippen molar-refractivity contribution >= 4 is 8.80 Å². The molecule has 2 aliphatic rings. The van der Waals surface area contributed by atoms with Gasteiger partial charge in [0.1, 0.15) is 0 Å². The van der Waals surface area contributed by atoms with Crippen LogP contribution in [0.4, 0.5) is 13.2 Å². The second-order valence-electron chi connectivity index (χ2n) is 9.37. The molecule has 1 aliphatic heterocycles. The van der Waals surface area contributed by atoms with E-state index in [4.69, 9.17) is 0 Å². The molecule has 29 heavy (non-hydrogen) atoms. The Morgan fingerprint density at radius 2 is 1.59 bits per heavy atom. The molecule has 2 fully saturated rings. The molecular weight excluding hydrogens is 389 g/mol. The lowest BCUT2D eigenvalue weighted by molar-refractivity contribution is -0.0522. The van der Waals surface area contributed by atoms with Gasteiger partial charge in [-0.1, -0.05) is 69.6 Å². The van der Waals surface area contributed by atoms with Crippen molar-refractivity contribution in [3.8, 4) is 5.75 Å². The topological polar surface area (TPSA) is 9.23 Å². The van der Waals surface area contributed by atoms with Crippen molar-refractivity contribution in [3.63, 3.8) is 0 Å². The largest absolute Gasteiger partial charge is 0.432 e. The van der Waals surface area contributed by atoms with Crippen LogP contribution in [0.5, 0.6) is 5.75 Å². The first kappa shape index (κ1) is 22.7. The van der Waals surface area contributed by atoms with E-state index in [0.717, 1.165) is 30.2 Å². The van der Waals surface area contributed by atoms with E-state index in [-0.39, 0.29) is 14.5 Å². The van der Waals surface area contributed by atoms with Crippen LogP contribution in [0.25, 0.3) is 0 Å². The van der Waals surface area contributed by atoms with Crippen molar-refractivity contribution in [2.75, 3.05) is 0 Å². The maximum absolute atomic E-state index is 14.0. The van der Waals surface area contributed by atoms with Crippen LogP contribution in [0, 0.1) is 17.7 Å². The smallest absolute Gasteiger partial charge is 0.387 e. The van der Waals surface area contributed by atoms with Crippen molar-refractivity contribution in [2.45, 2.75) is 102 Å². The zero-order chi connectivity index (χ0) is 20.6. The molecule has 1 aliphatic carbocycles. The molecule has 1 aromatic rings. The highest BCUT2D eigenvalue weighted by Gasteiger charge is 2.24. The van der Waals surface area contributed by atoms with Crippen LogP contribution in [-0.2, 0) is 0 Å². The van der Waals surface area contributed by atoms with E-state index in [0.29, 0.717) is 5.92 Å². The molecule has 0 aromatic heterocycles. The second-order valence-corrected chi connectivity index (χ2v) is 13.1. The lowest BCUT2D eigenvalue weighted by Crippen LogP contribution is -2.20. The third kappa shape index (κ3) is 7.04. The summed E-state index contributed by atoms with van der Waals surface area (Å²) in [7, 11) is -0.317. The minimum absolute atomic E-state index is 0.317. The van der Waals surface area contributed by atoms with Gasteiger partial charge in [-0.2, -0.15) is 8.78 Å². The molecule has 1 aromatic carbocycles. The van der Waals surface area contributed by atoms with Gasteiger partial charge in [0.15, 0.2) is 11.6 Å². The molecule has 3 rings (SSSR count). The fraction of sp³-hybridized carbons (Fsp3) is 0.750. The molecule has 0 N–H and O–H groups in total. The Bertz CT molecular complexity index is 608. The van der Waals surface area contributed by atoms with Gasteiger partial charge in [-0.3, -0.25) is 0 Å². The number of hydrogen-bond donors (Lipinski definition) is 0. The molecule has 0 atom stereocenters. The molecule has 0 radical (unpaired) electrons. The molecular formula is C24H37F3OSi. The Morgan fingerprint density at radius 1 is 0.966 bits per heavy atom. The van der Waals surface area contributed by atoms with Gasteiger partial charge >= 0.3 is 6.61 Å². The summed E-state index contributed by atoms with van der Waals surface area (Å²) in [5.74, 6) is 1.12. The van der Waals surface area contributed by atoms with Crippen molar-refractivity contribution in [1.82, 2.24) is 0 Å². The van der Waals surface area contributed by atoms with Crippen molar-refractivity contribution < 1.29 is 17.9 Å². The summed E-state index contributed by atoms with van der Waals surface area (Å²) in [6.07, 6.45) is 13.1. The number of ether oxygens (including phenoxy) is 1. The van der Waals surface area contributed by atoms with Crippen LogP contribution in [0.1, 0.15) is 82.6 Å². The summed E-state index contributed by atoms with van der Waals surface area (Å²) < 4.78 is 42.7. The highest BCUT2D eigenvalue weighted by atomic mass is 28.3. The van der Waals surface area contributed by atoms with E-state index < -0.39 is 12.4 Å². The maximum Gasteiger partial charge on any atom is 0.387 e. The SMILES string of the molecule is CC[SiH]1CCC(CCCCC2CCC(c3ccc(OC(F)F)c(F)c3)CC2)CC1. The average Bonchev–Trinajstić information content (AvgIpc) is 2.73. The first-order chi connectivity index (χ1) is 14.0. The van der Waals surface area contributed by atoms with Crippen molar-refractivity contribution in [3.05, 3.63) is 29.6 Å². The molecule has 0 spiro atoms. The van der Waals surface area contributed by atoms with Crippen molar-refractivity contribution in [2.24, 2.45) is 11.8 Å². The Hall–Kier alpha value is -0.973. The molecule has 0 bridgehead atoms. The molecule has 0 amide bonds. The first-order valence-corrected chi connectivity index (χ1v) is 14.2. The number of benzene rings is 1. The lowest BCUT2D eigenvalue weighted by atomic mass is 9.77. The van der Waals surface area contributed by atoms with E-state index in [1.165, 1.54) is 69.5 Å². The Labute approximate surface area is 176 Å². The highest BCUT2D eigenvalue weighted by Crippen LogP contribution is 2.39. The molecule has 5 heteroatoms. The summed E-state index contributed by atoms with van der Waals surface area (Å²) in [6, 6.07) is 9.15. The van der Waals surface area contributed by atoms with Gasteiger partial charge in [-0.15, -0.1) is 0 Å². The van der Waals surface area contributed by atoms with E-state index >= 15 is 0 Å². The second kappa shape index (κ2) is 11.4. The van der Waals surface area contributed by atoms with Gasteiger partial charge in [0.25, 0.3) is 0 Å². The molecule has 164 valence electrons. The maximum atomic E-state index is 14.0. The molecule has 1 saturated carbocycles. The van der Waals surface area contributed by atoms with Crippen LogP contribution in [0.3, 0.4) is 0 Å². The molecule has 1 nitrogen and oxygen atoms in total. The van der Waals surface area contributed by atoms with Gasteiger partial charge in [0.2, 0.25) is 0 Å². The van der Waals surface area contributed by atoms with Gasteiger partial charge in [-0.05, 0) is 61.1 Å². The predicted molar refractivity (Wildman–Crippen MR) is 116 cm³/mol. The number of rotatable bonds is 9. The van der Waals surface area contributed by atoms with Crippen molar-refractivity contribution in [1.29, 1.82) is 0 Å². The minimum atomic E-state index is -2.99. The number of unbranched alkanes of at least 4 members (excludes halogenated alkanes) is 1. The molecule has 1 heterocycles. The zero-order valence-electron chi connectivity index (χ0n) is 17.9.